The highest BCUT2D eigenvalue weighted by molar-refractivity contribution is 8.18. The summed E-state index contributed by atoms with van der Waals surface area (Å²) in [6.45, 7) is 2.28. The Morgan fingerprint density at radius 2 is 1.92 bits per heavy atom. The van der Waals surface area contributed by atoms with E-state index >= 15 is 0 Å². The van der Waals surface area contributed by atoms with Crippen molar-refractivity contribution in [3.8, 4) is 0 Å². The smallest absolute Gasteiger partial charge is 0.317 e. The van der Waals surface area contributed by atoms with Crippen molar-refractivity contribution in [2.75, 3.05) is 19.6 Å². The van der Waals surface area contributed by atoms with Crippen LogP contribution < -0.4 is 5.32 Å². The Balaban J connectivity index is 1.32. The fraction of sp³-hybridized carbons (Fsp3) is 0.346. The van der Waals surface area contributed by atoms with Crippen molar-refractivity contribution < 1.29 is 22.8 Å². The molecule has 194 valence electrons. The summed E-state index contributed by atoms with van der Waals surface area (Å²) in [6, 6.07) is 9.01. The van der Waals surface area contributed by atoms with Crippen molar-refractivity contribution in [3.63, 3.8) is 0 Å². The number of nitrogens with zero attached hydrogens (tertiary/aromatic N) is 3. The lowest BCUT2D eigenvalue weighted by molar-refractivity contribution is -0.138. The summed E-state index contributed by atoms with van der Waals surface area (Å²) in [5.41, 5.74) is 0.619. The number of hydrogen-bond donors (Lipinski definition) is 1. The van der Waals surface area contributed by atoms with Crippen molar-refractivity contribution in [1.82, 2.24) is 20.0 Å². The number of amides is 2. The zero-order valence-electron chi connectivity index (χ0n) is 19.7. The second kappa shape index (κ2) is 10.5. The Labute approximate surface area is 220 Å². The van der Waals surface area contributed by atoms with Crippen LogP contribution >= 0.6 is 23.4 Å². The number of carbonyl (C=O) groups is 2. The first-order valence-electron chi connectivity index (χ1n) is 12.0. The van der Waals surface area contributed by atoms with Crippen molar-refractivity contribution in [2.24, 2.45) is 5.92 Å². The van der Waals surface area contributed by atoms with E-state index < -0.39 is 11.7 Å². The standard InChI is InChI=1S/C26H24ClF3N4O2S/c27-20-3-2-18(21(13-20)26(28,29)30)15-34-22-4-1-17(11-19(22)14-32-34)12-23-24(35)33(25(36)37-23)10-7-16-5-8-31-9-6-16/h1-4,11-14,16,31H,5-10,15H2/b23-12-. The van der Waals surface area contributed by atoms with Gasteiger partial charge in [0.05, 0.1) is 28.7 Å². The topological polar surface area (TPSA) is 67.2 Å². The molecule has 5 rings (SSSR count). The SMILES string of the molecule is O=C1S/C(=C\c2ccc3c(cnn3Cc3ccc(Cl)cc3C(F)(F)F)c2)C(=O)N1CCC1CCNCC1. The molecule has 0 atom stereocenters. The number of fused-ring (bicyclic) bond motifs is 1. The molecule has 2 saturated heterocycles. The van der Waals surface area contributed by atoms with Crippen LogP contribution in [0.15, 0.2) is 47.5 Å². The number of aromatic nitrogens is 2. The summed E-state index contributed by atoms with van der Waals surface area (Å²) < 4.78 is 42.0. The maximum atomic E-state index is 13.5. The highest BCUT2D eigenvalue weighted by Crippen LogP contribution is 2.35. The fourth-order valence-corrected chi connectivity index (χ4v) is 5.80. The van der Waals surface area contributed by atoms with Crippen LogP contribution in [0, 0.1) is 5.92 Å². The van der Waals surface area contributed by atoms with Gasteiger partial charge in [-0.15, -0.1) is 0 Å². The minimum absolute atomic E-state index is 0.0155. The van der Waals surface area contributed by atoms with Crippen molar-refractivity contribution >= 4 is 51.5 Å². The molecule has 2 amide bonds. The quantitative estimate of drug-likeness (QED) is 0.372. The third kappa shape index (κ3) is 5.71. The van der Waals surface area contributed by atoms with Gasteiger partial charge < -0.3 is 5.32 Å². The van der Waals surface area contributed by atoms with E-state index in [9.17, 15) is 22.8 Å². The Hall–Kier alpha value is -2.82. The first-order chi connectivity index (χ1) is 17.7. The van der Waals surface area contributed by atoms with Crippen LogP contribution in [0.25, 0.3) is 17.0 Å². The van der Waals surface area contributed by atoms with Crippen molar-refractivity contribution in [3.05, 3.63) is 69.2 Å². The number of carbonyl (C=O) groups excluding carboxylic acids is 2. The van der Waals surface area contributed by atoms with Gasteiger partial charge in [-0.05, 0) is 91.5 Å². The van der Waals surface area contributed by atoms with Gasteiger partial charge >= 0.3 is 6.18 Å². The molecule has 37 heavy (non-hydrogen) atoms. The maximum Gasteiger partial charge on any atom is 0.416 e. The molecule has 3 aromatic rings. The second-order valence-electron chi connectivity index (χ2n) is 9.24. The predicted molar refractivity (Wildman–Crippen MR) is 138 cm³/mol. The molecule has 0 aliphatic carbocycles. The molecule has 6 nitrogen and oxygen atoms in total. The fourth-order valence-electron chi connectivity index (χ4n) is 4.76. The lowest BCUT2D eigenvalue weighted by Gasteiger charge is -2.24. The van der Waals surface area contributed by atoms with E-state index in [0.717, 1.165) is 50.2 Å². The molecule has 0 spiro atoms. The molecule has 2 aliphatic rings. The average Bonchev–Trinajstić information content (AvgIpc) is 3.38. The molecule has 3 heterocycles. The van der Waals surface area contributed by atoms with Gasteiger partial charge in [-0.1, -0.05) is 23.7 Å². The molecule has 11 heteroatoms. The molecule has 0 saturated carbocycles. The van der Waals surface area contributed by atoms with Crippen LogP contribution in [0.2, 0.25) is 5.02 Å². The summed E-state index contributed by atoms with van der Waals surface area (Å²) >= 11 is 6.72. The molecule has 2 aromatic carbocycles. The number of hydrogen-bond acceptors (Lipinski definition) is 5. The molecule has 2 fully saturated rings. The van der Waals surface area contributed by atoms with Crippen LogP contribution in [0.1, 0.15) is 36.0 Å². The van der Waals surface area contributed by atoms with Crippen LogP contribution in [-0.2, 0) is 17.5 Å². The van der Waals surface area contributed by atoms with Crippen LogP contribution in [0.3, 0.4) is 0 Å². The lowest BCUT2D eigenvalue weighted by Crippen LogP contribution is -2.33. The van der Waals surface area contributed by atoms with Gasteiger partial charge in [-0.3, -0.25) is 19.2 Å². The summed E-state index contributed by atoms with van der Waals surface area (Å²) in [6.07, 6.45) is 1.62. The number of piperidine rings is 1. The Morgan fingerprint density at radius 1 is 1.14 bits per heavy atom. The van der Waals surface area contributed by atoms with E-state index in [1.165, 1.54) is 21.7 Å². The van der Waals surface area contributed by atoms with Crippen LogP contribution in [0.5, 0.6) is 0 Å². The molecule has 0 bridgehead atoms. The molecule has 0 unspecified atom stereocenters. The van der Waals surface area contributed by atoms with E-state index in [0.29, 0.717) is 33.8 Å². The van der Waals surface area contributed by atoms with Gasteiger partial charge in [0.2, 0.25) is 0 Å². The molecule has 1 aromatic heterocycles. The number of rotatable bonds is 6. The predicted octanol–water partition coefficient (Wildman–Crippen LogP) is 6.18. The first kappa shape index (κ1) is 25.8. The van der Waals surface area contributed by atoms with Gasteiger partial charge in [0.25, 0.3) is 11.1 Å². The first-order valence-corrected chi connectivity index (χ1v) is 13.2. The van der Waals surface area contributed by atoms with E-state index in [-0.39, 0.29) is 28.3 Å². The van der Waals surface area contributed by atoms with E-state index in [1.807, 2.05) is 0 Å². The Morgan fingerprint density at radius 3 is 2.68 bits per heavy atom. The number of nitrogens with one attached hydrogen (secondary N) is 1. The van der Waals surface area contributed by atoms with Gasteiger partial charge in [-0.25, -0.2) is 0 Å². The van der Waals surface area contributed by atoms with Crippen LogP contribution in [0.4, 0.5) is 18.0 Å². The largest absolute Gasteiger partial charge is 0.416 e. The Kier molecular flexibility index (Phi) is 7.33. The molecule has 1 N–H and O–H groups in total. The van der Waals surface area contributed by atoms with Crippen LogP contribution in [-0.4, -0.2) is 45.5 Å². The second-order valence-corrected chi connectivity index (χ2v) is 10.7. The monoisotopic (exact) mass is 548 g/mol. The van der Waals surface area contributed by atoms with Gasteiger partial charge in [0.15, 0.2) is 0 Å². The molecular formula is C26H24ClF3N4O2S. The third-order valence-electron chi connectivity index (χ3n) is 6.75. The summed E-state index contributed by atoms with van der Waals surface area (Å²) in [5, 5.41) is 8.05. The summed E-state index contributed by atoms with van der Waals surface area (Å²) in [4.78, 5) is 27.0. The third-order valence-corrected chi connectivity index (χ3v) is 7.90. The molecule has 2 aliphatic heterocycles. The van der Waals surface area contributed by atoms with Crippen molar-refractivity contribution in [2.45, 2.75) is 32.0 Å². The van der Waals surface area contributed by atoms with Gasteiger partial charge in [0, 0.05) is 17.0 Å². The molecular weight excluding hydrogens is 525 g/mol. The zero-order chi connectivity index (χ0) is 26.2. The minimum Gasteiger partial charge on any atom is -0.317 e. The highest BCUT2D eigenvalue weighted by atomic mass is 35.5. The highest BCUT2D eigenvalue weighted by Gasteiger charge is 2.35. The number of halogens is 4. The van der Waals surface area contributed by atoms with E-state index in [2.05, 4.69) is 10.4 Å². The normalized spacial score (nSPS) is 18.5. The molecule has 0 radical (unpaired) electrons. The maximum absolute atomic E-state index is 13.5. The number of thioether (sulfide) groups is 1. The zero-order valence-corrected chi connectivity index (χ0v) is 21.3. The number of benzene rings is 2. The van der Waals surface area contributed by atoms with Gasteiger partial charge in [-0.2, -0.15) is 18.3 Å². The van der Waals surface area contributed by atoms with E-state index in [4.69, 9.17) is 11.6 Å². The Bertz CT molecular complexity index is 1380. The van der Waals surface area contributed by atoms with E-state index in [1.54, 1.807) is 30.5 Å². The number of alkyl halides is 3. The van der Waals surface area contributed by atoms with Gasteiger partial charge in [0.1, 0.15) is 0 Å². The van der Waals surface area contributed by atoms with Crippen molar-refractivity contribution in [1.29, 1.82) is 0 Å². The minimum atomic E-state index is -4.53. The average molecular weight is 549 g/mol. The lowest BCUT2D eigenvalue weighted by atomic mass is 9.94. The summed E-state index contributed by atoms with van der Waals surface area (Å²) in [5.74, 6) is 0.223. The number of imide groups is 1. The summed E-state index contributed by atoms with van der Waals surface area (Å²) in [7, 11) is 0.